The number of benzene rings is 2. The number of hydrogen-bond donors (Lipinski definition) is 1. The van der Waals surface area contributed by atoms with E-state index in [1.165, 1.54) is 4.90 Å². The molecule has 2 aliphatic heterocycles. The Bertz CT molecular complexity index is 1210. The molecule has 0 radical (unpaired) electrons. The second kappa shape index (κ2) is 11.2. The van der Waals surface area contributed by atoms with Crippen molar-refractivity contribution in [2.75, 3.05) is 0 Å². The van der Waals surface area contributed by atoms with E-state index in [9.17, 15) is 19.5 Å². The highest BCUT2D eigenvalue weighted by molar-refractivity contribution is 5.95. The minimum Gasteiger partial charge on any atom is -0.444 e. The Morgan fingerprint density at radius 2 is 1.62 bits per heavy atom. The van der Waals surface area contributed by atoms with Gasteiger partial charge in [0.1, 0.15) is 23.5 Å². The zero-order chi connectivity index (χ0) is 29.4. The molecule has 0 saturated carbocycles. The Labute approximate surface area is 236 Å². The van der Waals surface area contributed by atoms with Gasteiger partial charge in [-0.05, 0) is 59.1 Å². The number of aliphatic hydroxyl groups excluding tert-OH is 1. The fourth-order valence-corrected chi connectivity index (χ4v) is 5.54. The van der Waals surface area contributed by atoms with Crippen molar-refractivity contribution in [1.29, 1.82) is 0 Å². The van der Waals surface area contributed by atoms with E-state index in [2.05, 4.69) is 0 Å². The normalized spacial score (nSPS) is 25.9. The van der Waals surface area contributed by atoms with E-state index in [-0.39, 0.29) is 0 Å². The van der Waals surface area contributed by atoms with Crippen molar-refractivity contribution in [3.05, 3.63) is 71.8 Å². The van der Waals surface area contributed by atoms with Crippen LogP contribution in [0.3, 0.4) is 0 Å². The minimum atomic E-state index is -1.33. The molecule has 2 heterocycles. The van der Waals surface area contributed by atoms with E-state index in [0.29, 0.717) is 6.42 Å². The predicted octanol–water partition coefficient (Wildman–Crippen LogP) is 5.08. The van der Waals surface area contributed by atoms with Gasteiger partial charge in [0.05, 0.1) is 24.1 Å². The highest BCUT2D eigenvalue weighted by Crippen LogP contribution is 2.39. The quantitative estimate of drug-likeness (QED) is 0.533. The number of amides is 3. The van der Waals surface area contributed by atoms with Crippen LogP contribution in [0.5, 0.6) is 0 Å². The lowest BCUT2D eigenvalue weighted by Gasteiger charge is -2.35. The van der Waals surface area contributed by atoms with Crippen LogP contribution in [0.4, 0.5) is 9.59 Å². The Kier molecular flexibility index (Phi) is 8.28. The molecular formula is C31H40N2O7. The van der Waals surface area contributed by atoms with Crippen LogP contribution in [0.2, 0.25) is 0 Å². The molecule has 0 spiro atoms. The molecule has 2 aliphatic rings. The summed E-state index contributed by atoms with van der Waals surface area (Å²) < 4.78 is 17.6. The SMILES string of the molecule is CC(C(=O)N1C(=O)OC(c2ccccc2)C1C)C(O)C1OC(C)(C)N(C(=O)OC(C)(C)C)C1Cc1ccccc1. The van der Waals surface area contributed by atoms with Gasteiger partial charge in [-0.15, -0.1) is 0 Å². The van der Waals surface area contributed by atoms with E-state index >= 15 is 0 Å². The van der Waals surface area contributed by atoms with E-state index < -0.39 is 65.7 Å². The van der Waals surface area contributed by atoms with Gasteiger partial charge in [-0.1, -0.05) is 67.6 Å². The third kappa shape index (κ3) is 6.00. The molecule has 1 N–H and O–H groups in total. The topological polar surface area (TPSA) is 106 Å². The maximum absolute atomic E-state index is 13.7. The van der Waals surface area contributed by atoms with Crippen molar-refractivity contribution in [1.82, 2.24) is 9.80 Å². The summed E-state index contributed by atoms with van der Waals surface area (Å²) in [4.78, 5) is 42.5. The monoisotopic (exact) mass is 552 g/mol. The first-order valence-corrected chi connectivity index (χ1v) is 13.7. The van der Waals surface area contributed by atoms with Crippen molar-refractivity contribution in [3.8, 4) is 0 Å². The number of ether oxygens (including phenoxy) is 3. The fraction of sp³-hybridized carbons (Fsp3) is 0.516. The zero-order valence-electron chi connectivity index (χ0n) is 24.2. The highest BCUT2D eigenvalue weighted by atomic mass is 16.6. The maximum atomic E-state index is 13.7. The average molecular weight is 553 g/mol. The van der Waals surface area contributed by atoms with Crippen molar-refractivity contribution in [3.63, 3.8) is 0 Å². The number of hydrogen-bond acceptors (Lipinski definition) is 7. The van der Waals surface area contributed by atoms with E-state index in [4.69, 9.17) is 14.2 Å². The molecule has 0 aliphatic carbocycles. The third-order valence-electron chi connectivity index (χ3n) is 7.47. The third-order valence-corrected chi connectivity index (χ3v) is 7.47. The first-order chi connectivity index (χ1) is 18.7. The molecule has 0 bridgehead atoms. The van der Waals surface area contributed by atoms with Gasteiger partial charge in [-0.2, -0.15) is 0 Å². The maximum Gasteiger partial charge on any atom is 0.417 e. The van der Waals surface area contributed by atoms with Gasteiger partial charge in [0.25, 0.3) is 0 Å². The minimum absolute atomic E-state index is 0.365. The number of nitrogens with zero attached hydrogens (tertiary/aromatic N) is 2. The number of cyclic esters (lactones) is 1. The highest BCUT2D eigenvalue weighted by Gasteiger charge is 2.55. The van der Waals surface area contributed by atoms with Crippen LogP contribution < -0.4 is 0 Å². The fourth-order valence-electron chi connectivity index (χ4n) is 5.54. The summed E-state index contributed by atoms with van der Waals surface area (Å²) in [6, 6.07) is 17.6. The van der Waals surface area contributed by atoms with Crippen LogP contribution in [-0.4, -0.2) is 68.6 Å². The number of carbonyl (C=O) groups is 3. The molecule has 2 aromatic carbocycles. The van der Waals surface area contributed by atoms with Crippen molar-refractivity contribution in [2.24, 2.45) is 5.92 Å². The standard InChI is InChI=1S/C31H40N2O7/c1-19(27(35)32-20(2)25(38-28(32)36)22-16-12-9-13-17-22)24(34)26-23(18-21-14-10-8-11-15-21)33(31(6,7)39-26)29(37)40-30(3,4)5/h8-17,19-20,23-26,34H,18H2,1-7H3. The van der Waals surface area contributed by atoms with Crippen LogP contribution in [0.1, 0.15) is 65.7 Å². The van der Waals surface area contributed by atoms with Gasteiger partial charge in [0, 0.05) is 0 Å². The van der Waals surface area contributed by atoms with Crippen molar-refractivity contribution < 1.29 is 33.7 Å². The predicted molar refractivity (Wildman–Crippen MR) is 148 cm³/mol. The van der Waals surface area contributed by atoms with E-state index in [1.54, 1.807) is 48.5 Å². The van der Waals surface area contributed by atoms with Gasteiger partial charge in [0.15, 0.2) is 0 Å². The van der Waals surface area contributed by atoms with Crippen LogP contribution in [-0.2, 0) is 25.4 Å². The molecule has 2 saturated heterocycles. The molecule has 0 aromatic heterocycles. The molecule has 4 rings (SSSR count). The Balaban J connectivity index is 1.60. The lowest BCUT2D eigenvalue weighted by Crippen LogP contribution is -2.53. The molecule has 40 heavy (non-hydrogen) atoms. The molecular weight excluding hydrogens is 512 g/mol. The molecule has 2 fully saturated rings. The second-order valence-electron chi connectivity index (χ2n) is 12.1. The van der Waals surface area contributed by atoms with Gasteiger partial charge in [-0.25, -0.2) is 14.5 Å². The summed E-state index contributed by atoms with van der Waals surface area (Å²) in [5.74, 6) is -1.60. The van der Waals surface area contributed by atoms with Crippen LogP contribution >= 0.6 is 0 Å². The van der Waals surface area contributed by atoms with E-state index in [0.717, 1.165) is 16.0 Å². The molecule has 6 atom stereocenters. The van der Waals surface area contributed by atoms with Gasteiger partial charge in [-0.3, -0.25) is 9.69 Å². The summed E-state index contributed by atoms with van der Waals surface area (Å²) in [5, 5.41) is 11.6. The van der Waals surface area contributed by atoms with Crippen LogP contribution in [0.15, 0.2) is 60.7 Å². The van der Waals surface area contributed by atoms with E-state index in [1.807, 2.05) is 60.7 Å². The molecule has 2 aromatic rings. The van der Waals surface area contributed by atoms with Crippen LogP contribution in [0, 0.1) is 5.92 Å². The Hall–Kier alpha value is -3.43. The zero-order valence-corrected chi connectivity index (χ0v) is 24.2. The number of aliphatic hydroxyl groups is 1. The smallest absolute Gasteiger partial charge is 0.417 e. The van der Waals surface area contributed by atoms with Crippen LogP contribution in [0.25, 0.3) is 0 Å². The average Bonchev–Trinajstić information content (AvgIpc) is 3.33. The van der Waals surface area contributed by atoms with Gasteiger partial charge >= 0.3 is 12.2 Å². The number of imide groups is 1. The first-order valence-electron chi connectivity index (χ1n) is 13.7. The summed E-state index contributed by atoms with van der Waals surface area (Å²) in [6.07, 6.45) is -3.84. The lowest BCUT2D eigenvalue weighted by atomic mass is 9.90. The molecule has 9 heteroatoms. The first kappa shape index (κ1) is 29.6. The molecule has 216 valence electrons. The lowest BCUT2D eigenvalue weighted by molar-refractivity contribution is -0.145. The summed E-state index contributed by atoms with van der Waals surface area (Å²) in [6.45, 7) is 12.1. The largest absolute Gasteiger partial charge is 0.444 e. The molecule has 3 amide bonds. The second-order valence-corrected chi connectivity index (χ2v) is 12.1. The van der Waals surface area contributed by atoms with Crippen molar-refractivity contribution >= 4 is 18.1 Å². The van der Waals surface area contributed by atoms with Crippen molar-refractivity contribution in [2.45, 2.75) is 96.6 Å². The summed E-state index contributed by atoms with van der Waals surface area (Å²) in [5.41, 5.74) is -0.162. The van der Waals surface area contributed by atoms with Gasteiger partial charge in [0.2, 0.25) is 5.91 Å². The molecule has 6 unspecified atom stereocenters. The Morgan fingerprint density at radius 3 is 2.20 bits per heavy atom. The number of carbonyl (C=O) groups excluding carboxylic acids is 3. The number of rotatable bonds is 6. The Morgan fingerprint density at radius 1 is 1.05 bits per heavy atom. The summed E-state index contributed by atoms with van der Waals surface area (Å²) >= 11 is 0. The summed E-state index contributed by atoms with van der Waals surface area (Å²) in [7, 11) is 0. The molecule has 9 nitrogen and oxygen atoms in total. The van der Waals surface area contributed by atoms with Gasteiger partial charge < -0.3 is 19.3 Å².